The minimum absolute atomic E-state index is 0.211. The molecule has 0 spiro atoms. The molecule has 3 rings (SSSR count). The molecular formula is C25H32FN2O2+. The molecule has 0 bridgehead atoms. The summed E-state index contributed by atoms with van der Waals surface area (Å²) in [5.74, 6) is -0.211. The summed E-state index contributed by atoms with van der Waals surface area (Å²) in [6.45, 7) is 3.74. The number of aliphatic hydroxyl groups excluding tert-OH is 1. The molecule has 0 saturated carbocycles. The van der Waals surface area contributed by atoms with Crippen LogP contribution in [0.4, 0.5) is 4.39 Å². The zero-order valence-corrected chi connectivity index (χ0v) is 17.6. The van der Waals surface area contributed by atoms with Crippen molar-refractivity contribution in [1.29, 1.82) is 0 Å². The zero-order chi connectivity index (χ0) is 21.2. The summed E-state index contributed by atoms with van der Waals surface area (Å²) < 4.78 is 20.9. The van der Waals surface area contributed by atoms with Gasteiger partial charge in [-0.05, 0) is 35.4 Å². The maximum atomic E-state index is 13.5. The SMILES string of the molecule is COCCC[NH+](Cc1cccn1Cc1cccc(F)c1)C[C@@H](O)Cc1ccccc1. The van der Waals surface area contributed by atoms with Crippen LogP contribution in [0, 0.1) is 5.82 Å². The fraction of sp³-hybridized carbons (Fsp3) is 0.360. The molecule has 1 aromatic heterocycles. The fourth-order valence-electron chi connectivity index (χ4n) is 3.87. The molecule has 1 heterocycles. The number of benzene rings is 2. The number of hydrogen-bond acceptors (Lipinski definition) is 2. The van der Waals surface area contributed by atoms with Crippen LogP contribution in [-0.2, 0) is 24.2 Å². The van der Waals surface area contributed by atoms with Crippen LogP contribution >= 0.6 is 0 Å². The summed E-state index contributed by atoms with van der Waals surface area (Å²) in [7, 11) is 1.72. The molecule has 0 radical (unpaired) electrons. The number of nitrogens with zero attached hydrogens (tertiary/aromatic N) is 1. The summed E-state index contributed by atoms with van der Waals surface area (Å²) in [4.78, 5) is 1.31. The van der Waals surface area contributed by atoms with Gasteiger partial charge in [0.05, 0.1) is 18.8 Å². The van der Waals surface area contributed by atoms with E-state index in [-0.39, 0.29) is 5.82 Å². The average molecular weight is 412 g/mol. The Balaban J connectivity index is 1.65. The minimum atomic E-state index is -0.406. The van der Waals surface area contributed by atoms with Crippen molar-refractivity contribution in [3.8, 4) is 0 Å². The van der Waals surface area contributed by atoms with Gasteiger partial charge in [0, 0.05) is 32.7 Å². The monoisotopic (exact) mass is 411 g/mol. The van der Waals surface area contributed by atoms with Crippen molar-refractivity contribution in [2.45, 2.75) is 32.0 Å². The lowest BCUT2D eigenvalue weighted by atomic mass is 10.1. The number of methoxy groups -OCH3 is 1. The van der Waals surface area contributed by atoms with Crippen molar-refractivity contribution >= 4 is 0 Å². The summed E-state index contributed by atoms with van der Waals surface area (Å²) in [5, 5.41) is 10.7. The Morgan fingerprint density at radius 3 is 2.60 bits per heavy atom. The average Bonchev–Trinajstić information content (AvgIpc) is 3.15. The van der Waals surface area contributed by atoms with Gasteiger partial charge >= 0.3 is 0 Å². The van der Waals surface area contributed by atoms with Crippen LogP contribution in [-0.4, -0.2) is 42.6 Å². The van der Waals surface area contributed by atoms with E-state index in [9.17, 15) is 9.50 Å². The largest absolute Gasteiger partial charge is 0.387 e. The van der Waals surface area contributed by atoms with Gasteiger partial charge in [-0.25, -0.2) is 4.39 Å². The van der Waals surface area contributed by atoms with Gasteiger partial charge in [0.1, 0.15) is 25.0 Å². The van der Waals surface area contributed by atoms with Gasteiger partial charge in [-0.2, -0.15) is 0 Å². The minimum Gasteiger partial charge on any atom is -0.387 e. The Labute approximate surface area is 178 Å². The summed E-state index contributed by atoms with van der Waals surface area (Å²) in [5.41, 5.74) is 3.27. The number of hydrogen-bond donors (Lipinski definition) is 2. The predicted molar refractivity (Wildman–Crippen MR) is 117 cm³/mol. The van der Waals surface area contributed by atoms with Crippen molar-refractivity contribution in [1.82, 2.24) is 4.57 Å². The highest BCUT2D eigenvalue weighted by molar-refractivity contribution is 5.19. The normalized spacial score (nSPS) is 13.3. The Morgan fingerprint density at radius 2 is 1.83 bits per heavy atom. The topological polar surface area (TPSA) is 38.8 Å². The van der Waals surface area contributed by atoms with Gasteiger partial charge in [0.15, 0.2) is 0 Å². The number of aliphatic hydroxyl groups is 1. The molecule has 5 heteroatoms. The number of ether oxygens (including phenoxy) is 1. The number of halogens is 1. The Hall–Kier alpha value is -2.47. The first-order valence-corrected chi connectivity index (χ1v) is 10.6. The predicted octanol–water partition coefficient (Wildman–Crippen LogP) is 2.70. The lowest BCUT2D eigenvalue weighted by molar-refractivity contribution is -0.917. The van der Waals surface area contributed by atoms with Crippen molar-refractivity contribution in [2.75, 3.05) is 26.8 Å². The summed E-state index contributed by atoms with van der Waals surface area (Å²) >= 11 is 0. The molecule has 0 aliphatic carbocycles. The molecule has 0 saturated heterocycles. The van der Waals surface area contributed by atoms with Crippen LogP contribution in [0.1, 0.15) is 23.2 Å². The van der Waals surface area contributed by atoms with Crippen LogP contribution in [0.2, 0.25) is 0 Å². The van der Waals surface area contributed by atoms with E-state index in [1.165, 1.54) is 16.7 Å². The van der Waals surface area contributed by atoms with Crippen molar-refractivity contribution in [3.63, 3.8) is 0 Å². The molecule has 4 nitrogen and oxygen atoms in total. The molecule has 3 aromatic rings. The molecule has 0 aliphatic heterocycles. The van der Waals surface area contributed by atoms with Crippen LogP contribution in [0.5, 0.6) is 0 Å². The van der Waals surface area contributed by atoms with Crippen LogP contribution < -0.4 is 4.90 Å². The molecule has 160 valence electrons. The zero-order valence-electron chi connectivity index (χ0n) is 17.6. The maximum Gasteiger partial charge on any atom is 0.123 e. The Morgan fingerprint density at radius 1 is 1.03 bits per heavy atom. The molecule has 0 aliphatic rings. The third-order valence-electron chi connectivity index (χ3n) is 5.31. The summed E-state index contributed by atoms with van der Waals surface area (Å²) in [6.07, 6.45) is 3.22. The standard InChI is InChI=1S/C25H31FN2O2/c1-30-15-7-13-27(20-25(29)17-21-8-3-2-4-9-21)19-24-12-6-14-28(24)18-22-10-5-11-23(26)16-22/h2-6,8-12,14,16,25,29H,7,13,15,17-20H2,1H3/p+1/t25-/m0/s1. The third-order valence-corrected chi connectivity index (χ3v) is 5.31. The van der Waals surface area contributed by atoms with E-state index in [0.717, 1.165) is 30.6 Å². The molecule has 1 unspecified atom stereocenters. The highest BCUT2D eigenvalue weighted by Gasteiger charge is 2.18. The van der Waals surface area contributed by atoms with Crippen LogP contribution in [0.15, 0.2) is 72.9 Å². The van der Waals surface area contributed by atoms with Gasteiger partial charge < -0.3 is 19.3 Å². The highest BCUT2D eigenvalue weighted by atomic mass is 19.1. The van der Waals surface area contributed by atoms with Crippen molar-refractivity contribution < 1.29 is 19.1 Å². The molecule has 2 atom stereocenters. The van der Waals surface area contributed by atoms with Gasteiger partial charge in [-0.15, -0.1) is 0 Å². The molecule has 2 N–H and O–H groups in total. The van der Waals surface area contributed by atoms with E-state index < -0.39 is 6.10 Å². The van der Waals surface area contributed by atoms with Gasteiger partial charge in [0.2, 0.25) is 0 Å². The van der Waals surface area contributed by atoms with E-state index in [4.69, 9.17) is 4.74 Å². The maximum absolute atomic E-state index is 13.5. The second kappa shape index (κ2) is 11.6. The number of rotatable bonds is 12. The number of nitrogens with one attached hydrogen (secondary N) is 1. The second-order valence-corrected chi connectivity index (χ2v) is 7.83. The van der Waals surface area contributed by atoms with Crippen molar-refractivity contribution in [3.05, 3.63) is 95.6 Å². The first kappa shape index (κ1) is 22.2. The summed E-state index contributed by atoms with van der Waals surface area (Å²) in [6, 6.07) is 21.0. The smallest absolute Gasteiger partial charge is 0.123 e. The number of aromatic nitrogens is 1. The molecule has 0 amide bonds. The van der Waals surface area contributed by atoms with E-state index in [1.807, 2.05) is 36.5 Å². The molecule has 2 aromatic carbocycles. The quantitative estimate of drug-likeness (QED) is 0.450. The van der Waals surface area contributed by atoms with Gasteiger partial charge in [-0.1, -0.05) is 42.5 Å². The van der Waals surface area contributed by atoms with Crippen molar-refractivity contribution in [2.24, 2.45) is 0 Å². The first-order chi connectivity index (χ1) is 14.6. The van der Waals surface area contributed by atoms with Crippen LogP contribution in [0.3, 0.4) is 0 Å². The van der Waals surface area contributed by atoms with Crippen LogP contribution in [0.25, 0.3) is 0 Å². The number of quaternary nitrogens is 1. The van der Waals surface area contributed by atoms with Gasteiger partial charge in [-0.3, -0.25) is 0 Å². The van der Waals surface area contributed by atoms with Gasteiger partial charge in [0.25, 0.3) is 0 Å². The highest BCUT2D eigenvalue weighted by Crippen LogP contribution is 2.09. The lowest BCUT2D eigenvalue weighted by Crippen LogP contribution is -3.12. The fourth-order valence-corrected chi connectivity index (χ4v) is 3.87. The molecule has 30 heavy (non-hydrogen) atoms. The van der Waals surface area contributed by atoms with E-state index >= 15 is 0 Å². The first-order valence-electron chi connectivity index (χ1n) is 10.6. The van der Waals surface area contributed by atoms with E-state index in [1.54, 1.807) is 19.2 Å². The van der Waals surface area contributed by atoms with E-state index in [2.05, 4.69) is 22.8 Å². The molecule has 0 fully saturated rings. The Bertz CT molecular complexity index is 882. The Kier molecular flexibility index (Phi) is 8.63. The van der Waals surface area contributed by atoms with E-state index in [0.29, 0.717) is 26.1 Å². The second-order valence-electron chi connectivity index (χ2n) is 7.83. The lowest BCUT2D eigenvalue weighted by Gasteiger charge is -2.23. The third kappa shape index (κ3) is 7.10. The molecular weight excluding hydrogens is 379 g/mol.